The second-order valence-electron chi connectivity index (χ2n) is 4.01. The zero-order valence-electron chi connectivity index (χ0n) is 9.39. The summed E-state index contributed by atoms with van der Waals surface area (Å²) in [6.07, 6.45) is 1.89. The predicted octanol–water partition coefficient (Wildman–Crippen LogP) is 1.31. The van der Waals surface area contributed by atoms with E-state index in [1.165, 1.54) is 18.2 Å². The third-order valence-corrected chi connectivity index (χ3v) is 2.68. The summed E-state index contributed by atoms with van der Waals surface area (Å²) >= 11 is 0. The van der Waals surface area contributed by atoms with Crippen LogP contribution in [0.15, 0.2) is 18.2 Å². The second kappa shape index (κ2) is 5.05. The number of phenolic OH excluding ortho intramolecular Hbond substituents is 1. The number of hydrogen-bond donors (Lipinski definition) is 2. The number of carbonyl (C=O) groups excluding carboxylic acids is 1. The first-order valence-electron chi connectivity index (χ1n) is 5.54. The highest BCUT2D eigenvalue weighted by Crippen LogP contribution is 2.20. The molecular formula is C12H15NO4. The molecule has 0 aromatic heterocycles. The summed E-state index contributed by atoms with van der Waals surface area (Å²) in [7, 11) is 0. The Bertz CT molecular complexity index is 413. The molecule has 3 N–H and O–H groups in total. The van der Waals surface area contributed by atoms with Gasteiger partial charge < -0.3 is 20.3 Å². The molecular weight excluding hydrogens is 222 g/mol. The third-order valence-electron chi connectivity index (χ3n) is 2.68. The van der Waals surface area contributed by atoms with Crippen LogP contribution in [0, 0.1) is 0 Å². The van der Waals surface area contributed by atoms with Gasteiger partial charge in [0.1, 0.15) is 12.4 Å². The van der Waals surface area contributed by atoms with E-state index in [9.17, 15) is 9.90 Å². The van der Waals surface area contributed by atoms with Crippen molar-refractivity contribution in [1.82, 2.24) is 0 Å². The quantitative estimate of drug-likeness (QED) is 0.470. The number of ether oxygens (including phenoxy) is 2. The molecule has 1 unspecified atom stereocenters. The van der Waals surface area contributed by atoms with E-state index in [-0.39, 0.29) is 24.0 Å². The Labute approximate surface area is 99.1 Å². The summed E-state index contributed by atoms with van der Waals surface area (Å²) in [6.45, 7) is 0.949. The van der Waals surface area contributed by atoms with E-state index in [0.717, 1.165) is 19.4 Å². The third kappa shape index (κ3) is 2.88. The minimum Gasteiger partial charge on any atom is -0.508 e. The van der Waals surface area contributed by atoms with Crippen molar-refractivity contribution in [3.8, 4) is 5.75 Å². The average Bonchev–Trinajstić information content (AvgIpc) is 2.82. The van der Waals surface area contributed by atoms with Gasteiger partial charge in [-0.25, -0.2) is 4.79 Å². The first-order valence-corrected chi connectivity index (χ1v) is 5.54. The number of nitrogens with two attached hydrogens (primary N) is 1. The van der Waals surface area contributed by atoms with Gasteiger partial charge in [-0.05, 0) is 31.0 Å². The van der Waals surface area contributed by atoms with Gasteiger partial charge in [-0.2, -0.15) is 0 Å². The van der Waals surface area contributed by atoms with Crippen molar-refractivity contribution in [2.75, 3.05) is 18.9 Å². The van der Waals surface area contributed by atoms with Gasteiger partial charge in [0.15, 0.2) is 0 Å². The number of aromatic hydroxyl groups is 1. The molecule has 5 heteroatoms. The highest BCUT2D eigenvalue weighted by Gasteiger charge is 2.19. The molecule has 0 spiro atoms. The maximum atomic E-state index is 11.7. The van der Waals surface area contributed by atoms with E-state index in [2.05, 4.69) is 0 Å². The SMILES string of the molecule is Nc1ccc(O)cc1C(=O)OCC1CCCO1. The van der Waals surface area contributed by atoms with Crippen molar-refractivity contribution in [1.29, 1.82) is 0 Å². The van der Waals surface area contributed by atoms with Gasteiger partial charge >= 0.3 is 5.97 Å². The van der Waals surface area contributed by atoms with E-state index in [4.69, 9.17) is 15.2 Å². The molecule has 17 heavy (non-hydrogen) atoms. The lowest BCUT2D eigenvalue weighted by Gasteiger charge is -2.11. The fraction of sp³-hybridized carbons (Fsp3) is 0.417. The van der Waals surface area contributed by atoms with Crippen LogP contribution in [-0.4, -0.2) is 30.4 Å². The molecule has 0 saturated carbocycles. The molecule has 1 saturated heterocycles. The number of carbonyl (C=O) groups is 1. The Balaban J connectivity index is 1.96. The maximum absolute atomic E-state index is 11.7. The molecule has 0 bridgehead atoms. The molecule has 1 aromatic carbocycles. The van der Waals surface area contributed by atoms with Crippen molar-refractivity contribution in [2.24, 2.45) is 0 Å². The minimum absolute atomic E-state index is 0.0109. The second-order valence-corrected chi connectivity index (χ2v) is 4.01. The lowest BCUT2D eigenvalue weighted by atomic mass is 10.2. The van der Waals surface area contributed by atoms with Gasteiger partial charge in [-0.3, -0.25) is 0 Å². The molecule has 2 rings (SSSR count). The summed E-state index contributed by atoms with van der Waals surface area (Å²) in [6, 6.07) is 4.19. The Morgan fingerprint density at radius 2 is 2.41 bits per heavy atom. The Kier molecular flexibility index (Phi) is 3.49. The minimum atomic E-state index is -0.533. The van der Waals surface area contributed by atoms with Gasteiger partial charge in [0.2, 0.25) is 0 Å². The zero-order chi connectivity index (χ0) is 12.3. The molecule has 92 valence electrons. The lowest BCUT2D eigenvalue weighted by molar-refractivity contribution is 0.0162. The normalized spacial score (nSPS) is 19.2. The topological polar surface area (TPSA) is 81.8 Å². The lowest BCUT2D eigenvalue weighted by Crippen LogP contribution is -2.18. The van der Waals surface area contributed by atoms with Crippen molar-refractivity contribution in [3.63, 3.8) is 0 Å². The van der Waals surface area contributed by atoms with Gasteiger partial charge in [-0.15, -0.1) is 0 Å². The summed E-state index contributed by atoms with van der Waals surface area (Å²) in [5, 5.41) is 9.28. The predicted molar refractivity (Wildman–Crippen MR) is 61.8 cm³/mol. The molecule has 1 fully saturated rings. The van der Waals surface area contributed by atoms with Crippen LogP contribution in [0.3, 0.4) is 0 Å². The fourth-order valence-electron chi connectivity index (χ4n) is 1.74. The van der Waals surface area contributed by atoms with Crippen molar-refractivity contribution < 1.29 is 19.4 Å². The monoisotopic (exact) mass is 237 g/mol. The van der Waals surface area contributed by atoms with Crippen LogP contribution >= 0.6 is 0 Å². The highest BCUT2D eigenvalue weighted by molar-refractivity contribution is 5.95. The summed E-state index contributed by atoms with van der Waals surface area (Å²) in [4.78, 5) is 11.7. The molecule has 1 heterocycles. The largest absolute Gasteiger partial charge is 0.508 e. The smallest absolute Gasteiger partial charge is 0.340 e. The van der Waals surface area contributed by atoms with E-state index in [1.807, 2.05) is 0 Å². The van der Waals surface area contributed by atoms with E-state index in [1.54, 1.807) is 0 Å². The highest BCUT2D eigenvalue weighted by atomic mass is 16.6. The Morgan fingerprint density at radius 3 is 3.12 bits per heavy atom. The maximum Gasteiger partial charge on any atom is 0.340 e. The Morgan fingerprint density at radius 1 is 1.59 bits per heavy atom. The molecule has 1 atom stereocenters. The number of esters is 1. The zero-order valence-corrected chi connectivity index (χ0v) is 9.39. The van der Waals surface area contributed by atoms with Crippen LogP contribution in [0.2, 0.25) is 0 Å². The molecule has 0 aliphatic carbocycles. The van der Waals surface area contributed by atoms with Crippen LogP contribution in [0.5, 0.6) is 5.75 Å². The Hall–Kier alpha value is -1.75. The van der Waals surface area contributed by atoms with Crippen LogP contribution in [0.1, 0.15) is 23.2 Å². The summed E-state index contributed by atoms with van der Waals surface area (Å²) in [5.74, 6) is -0.544. The molecule has 0 radical (unpaired) electrons. The van der Waals surface area contributed by atoms with Crippen molar-refractivity contribution in [2.45, 2.75) is 18.9 Å². The van der Waals surface area contributed by atoms with Crippen LogP contribution in [-0.2, 0) is 9.47 Å². The summed E-state index contributed by atoms with van der Waals surface area (Å²) < 4.78 is 10.4. The number of anilines is 1. The number of nitrogen functional groups attached to an aromatic ring is 1. The van der Waals surface area contributed by atoms with E-state index in [0.29, 0.717) is 5.69 Å². The van der Waals surface area contributed by atoms with E-state index < -0.39 is 5.97 Å². The number of benzene rings is 1. The molecule has 5 nitrogen and oxygen atoms in total. The average molecular weight is 237 g/mol. The molecule has 0 amide bonds. The van der Waals surface area contributed by atoms with Gasteiger partial charge in [0, 0.05) is 12.3 Å². The van der Waals surface area contributed by atoms with E-state index >= 15 is 0 Å². The number of phenols is 1. The molecule has 1 aliphatic rings. The molecule has 1 aromatic rings. The van der Waals surface area contributed by atoms with Crippen molar-refractivity contribution >= 4 is 11.7 Å². The van der Waals surface area contributed by atoms with Crippen LogP contribution in [0.4, 0.5) is 5.69 Å². The van der Waals surface area contributed by atoms with Crippen LogP contribution < -0.4 is 5.73 Å². The van der Waals surface area contributed by atoms with Crippen LogP contribution in [0.25, 0.3) is 0 Å². The number of hydrogen-bond acceptors (Lipinski definition) is 5. The first kappa shape index (κ1) is 11.7. The van der Waals surface area contributed by atoms with Gasteiger partial charge in [-0.1, -0.05) is 0 Å². The number of rotatable bonds is 3. The first-order chi connectivity index (χ1) is 8.16. The van der Waals surface area contributed by atoms with Gasteiger partial charge in [0.25, 0.3) is 0 Å². The standard InChI is InChI=1S/C12H15NO4/c13-11-4-3-8(14)6-10(11)12(15)17-7-9-2-1-5-16-9/h3-4,6,9,14H,1-2,5,7,13H2. The fourth-order valence-corrected chi connectivity index (χ4v) is 1.74. The van der Waals surface area contributed by atoms with Gasteiger partial charge in [0.05, 0.1) is 11.7 Å². The van der Waals surface area contributed by atoms with Crippen molar-refractivity contribution in [3.05, 3.63) is 23.8 Å². The molecule has 1 aliphatic heterocycles. The summed E-state index contributed by atoms with van der Waals surface area (Å²) in [5.41, 5.74) is 6.11.